The molecular formula is C11H14Cl2N2S. The molecule has 1 aliphatic rings. The van der Waals surface area contributed by atoms with Gasteiger partial charge in [0.1, 0.15) is 5.82 Å². The third-order valence-corrected chi connectivity index (χ3v) is 4.55. The molecule has 2 rings (SSSR count). The highest BCUT2D eigenvalue weighted by Gasteiger charge is 2.22. The van der Waals surface area contributed by atoms with Crippen LogP contribution in [0.2, 0.25) is 5.02 Å². The predicted octanol–water partition coefficient (Wildman–Crippen LogP) is 3.42. The second-order valence-electron chi connectivity index (χ2n) is 3.91. The molecular weight excluding hydrogens is 263 g/mol. The molecule has 0 N–H and O–H groups in total. The SMILES string of the molecule is CN(c1ncc(CCl)cc1Cl)C1CCSC1. The average molecular weight is 277 g/mol. The third kappa shape index (κ3) is 2.58. The van der Waals surface area contributed by atoms with Crippen LogP contribution >= 0.6 is 35.0 Å². The van der Waals surface area contributed by atoms with E-state index in [-0.39, 0.29) is 0 Å². The Morgan fingerprint density at radius 2 is 2.44 bits per heavy atom. The number of anilines is 1. The maximum absolute atomic E-state index is 6.21. The van der Waals surface area contributed by atoms with Crippen LogP contribution in [0.15, 0.2) is 12.3 Å². The molecule has 2 nitrogen and oxygen atoms in total. The number of nitrogens with zero attached hydrogens (tertiary/aromatic N) is 2. The van der Waals surface area contributed by atoms with Gasteiger partial charge < -0.3 is 4.90 Å². The molecule has 1 fully saturated rings. The number of alkyl halides is 1. The van der Waals surface area contributed by atoms with E-state index in [0.29, 0.717) is 16.9 Å². The fraction of sp³-hybridized carbons (Fsp3) is 0.545. The van der Waals surface area contributed by atoms with E-state index in [9.17, 15) is 0 Å². The first-order valence-corrected chi connectivity index (χ1v) is 7.30. The van der Waals surface area contributed by atoms with E-state index in [2.05, 4.69) is 16.9 Å². The van der Waals surface area contributed by atoms with Crippen LogP contribution in [-0.2, 0) is 5.88 Å². The van der Waals surface area contributed by atoms with Crippen LogP contribution in [0.4, 0.5) is 5.82 Å². The van der Waals surface area contributed by atoms with Crippen molar-refractivity contribution >= 4 is 40.8 Å². The van der Waals surface area contributed by atoms with Gasteiger partial charge in [0.2, 0.25) is 0 Å². The number of aromatic nitrogens is 1. The van der Waals surface area contributed by atoms with Gasteiger partial charge in [-0.1, -0.05) is 11.6 Å². The van der Waals surface area contributed by atoms with Gasteiger partial charge in [0.15, 0.2) is 0 Å². The molecule has 2 heterocycles. The van der Waals surface area contributed by atoms with Crippen molar-refractivity contribution in [3.05, 3.63) is 22.8 Å². The molecule has 1 saturated heterocycles. The number of hydrogen-bond donors (Lipinski definition) is 0. The van der Waals surface area contributed by atoms with Crippen molar-refractivity contribution < 1.29 is 0 Å². The minimum absolute atomic E-state index is 0.454. The summed E-state index contributed by atoms with van der Waals surface area (Å²) in [6.45, 7) is 0. The summed E-state index contributed by atoms with van der Waals surface area (Å²) in [5.74, 6) is 3.71. The molecule has 0 aliphatic carbocycles. The zero-order valence-corrected chi connectivity index (χ0v) is 11.4. The van der Waals surface area contributed by atoms with Gasteiger partial charge >= 0.3 is 0 Å². The summed E-state index contributed by atoms with van der Waals surface area (Å²) in [5.41, 5.74) is 0.963. The first-order valence-electron chi connectivity index (χ1n) is 5.23. The summed E-state index contributed by atoms with van der Waals surface area (Å²) in [5, 5.41) is 0.692. The largest absolute Gasteiger partial charge is 0.355 e. The monoisotopic (exact) mass is 276 g/mol. The quantitative estimate of drug-likeness (QED) is 0.788. The van der Waals surface area contributed by atoms with Crippen LogP contribution in [0.3, 0.4) is 0 Å². The smallest absolute Gasteiger partial charge is 0.147 e. The first-order chi connectivity index (χ1) is 7.72. The Bertz CT molecular complexity index is 367. The lowest BCUT2D eigenvalue weighted by Gasteiger charge is -2.25. The maximum atomic E-state index is 6.21. The van der Waals surface area contributed by atoms with Crippen LogP contribution in [-0.4, -0.2) is 29.6 Å². The topological polar surface area (TPSA) is 16.1 Å². The molecule has 0 spiro atoms. The summed E-state index contributed by atoms with van der Waals surface area (Å²) < 4.78 is 0. The molecule has 1 aliphatic heterocycles. The van der Waals surface area contributed by atoms with Crippen molar-refractivity contribution in [2.45, 2.75) is 18.3 Å². The van der Waals surface area contributed by atoms with Crippen molar-refractivity contribution in [2.75, 3.05) is 23.5 Å². The average Bonchev–Trinajstić information content (AvgIpc) is 2.81. The van der Waals surface area contributed by atoms with Gasteiger partial charge in [0.25, 0.3) is 0 Å². The normalized spacial score (nSPS) is 20.1. The van der Waals surface area contributed by atoms with Gasteiger partial charge in [0.05, 0.1) is 5.02 Å². The van der Waals surface area contributed by atoms with Gasteiger partial charge in [0, 0.05) is 30.9 Å². The lowest BCUT2D eigenvalue weighted by Crippen LogP contribution is -2.32. The number of hydrogen-bond acceptors (Lipinski definition) is 3. The van der Waals surface area contributed by atoms with E-state index in [0.717, 1.165) is 17.1 Å². The van der Waals surface area contributed by atoms with Crippen molar-refractivity contribution in [2.24, 2.45) is 0 Å². The van der Waals surface area contributed by atoms with Gasteiger partial charge in [-0.3, -0.25) is 0 Å². The van der Waals surface area contributed by atoms with E-state index in [1.54, 1.807) is 6.20 Å². The second kappa shape index (κ2) is 5.48. The minimum atomic E-state index is 0.454. The van der Waals surface area contributed by atoms with Gasteiger partial charge in [-0.2, -0.15) is 11.8 Å². The summed E-state index contributed by atoms with van der Waals surface area (Å²) >= 11 is 13.9. The number of halogens is 2. The Morgan fingerprint density at radius 3 is 3.00 bits per heavy atom. The summed E-state index contributed by atoms with van der Waals surface area (Å²) in [6.07, 6.45) is 3.00. The maximum Gasteiger partial charge on any atom is 0.147 e. The predicted molar refractivity (Wildman–Crippen MR) is 72.9 cm³/mol. The minimum Gasteiger partial charge on any atom is -0.355 e. The molecule has 1 aromatic heterocycles. The molecule has 16 heavy (non-hydrogen) atoms. The van der Waals surface area contributed by atoms with Crippen LogP contribution in [0.1, 0.15) is 12.0 Å². The van der Waals surface area contributed by atoms with E-state index in [4.69, 9.17) is 23.2 Å². The highest BCUT2D eigenvalue weighted by atomic mass is 35.5. The van der Waals surface area contributed by atoms with Gasteiger partial charge in [-0.05, 0) is 23.8 Å². The van der Waals surface area contributed by atoms with Gasteiger partial charge in [-0.25, -0.2) is 4.98 Å². The highest BCUT2D eigenvalue weighted by molar-refractivity contribution is 7.99. The van der Waals surface area contributed by atoms with Crippen molar-refractivity contribution in [3.63, 3.8) is 0 Å². The first kappa shape index (κ1) is 12.3. The molecule has 1 unspecified atom stereocenters. The zero-order valence-electron chi connectivity index (χ0n) is 9.12. The summed E-state index contributed by atoms with van der Waals surface area (Å²) in [7, 11) is 2.06. The number of pyridine rings is 1. The van der Waals surface area contributed by atoms with E-state index in [1.807, 2.05) is 17.8 Å². The molecule has 5 heteroatoms. The van der Waals surface area contributed by atoms with Crippen LogP contribution in [0.5, 0.6) is 0 Å². The molecule has 0 aromatic carbocycles. The van der Waals surface area contributed by atoms with Crippen LogP contribution in [0.25, 0.3) is 0 Å². The lowest BCUT2D eigenvalue weighted by atomic mass is 10.2. The Balaban J connectivity index is 2.19. The van der Waals surface area contributed by atoms with Gasteiger partial charge in [-0.15, -0.1) is 11.6 Å². The molecule has 0 saturated carbocycles. The van der Waals surface area contributed by atoms with Crippen molar-refractivity contribution in [3.8, 4) is 0 Å². The summed E-state index contributed by atoms with van der Waals surface area (Å²) in [6, 6.07) is 2.45. The molecule has 88 valence electrons. The molecule has 1 aromatic rings. The molecule has 0 bridgehead atoms. The fourth-order valence-corrected chi connectivity index (χ4v) is 3.54. The molecule has 0 amide bonds. The second-order valence-corrected chi connectivity index (χ2v) is 5.74. The van der Waals surface area contributed by atoms with Crippen LogP contribution in [0, 0.1) is 0 Å². The Morgan fingerprint density at radius 1 is 1.62 bits per heavy atom. The Labute approximate surface area is 110 Å². The fourth-order valence-electron chi connectivity index (χ4n) is 1.80. The Hall–Kier alpha value is -0.120. The standard InChI is InChI=1S/C11H14Cl2N2S/c1-15(9-2-3-16-7-9)11-10(13)4-8(5-12)6-14-11/h4,6,9H,2-3,5,7H2,1H3. The lowest BCUT2D eigenvalue weighted by molar-refractivity contribution is 0.691. The third-order valence-electron chi connectivity index (χ3n) is 2.82. The zero-order chi connectivity index (χ0) is 11.5. The van der Waals surface area contributed by atoms with Crippen LogP contribution < -0.4 is 4.90 Å². The highest BCUT2D eigenvalue weighted by Crippen LogP contribution is 2.29. The summed E-state index contributed by atoms with van der Waals surface area (Å²) in [4.78, 5) is 6.57. The molecule has 0 radical (unpaired) electrons. The van der Waals surface area contributed by atoms with Crippen molar-refractivity contribution in [1.29, 1.82) is 0 Å². The van der Waals surface area contributed by atoms with E-state index in [1.165, 1.54) is 12.2 Å². The van der Waals surface area contributed by atoms with E-state index >= 15 is 0 Å². The van der Waals surface area contributed by atoms with Crippen molar-refractivity contribution in [1.82, 2.24) is 4.98 Å². The number of rotatable bonds is 3. The van der Waals surface area contributed by atoms with E-state index < -0.39 is 0 Å². The Kier molecular flexibility index (Phi) is 4.22. The number of thioether (sulfide) groups is 1. The molecule has 1 atom stereocenters.